The monoisotopic (exact) mass is 397 g/mol. The average Bonchev–Trinajstić information content (AvgIpc) is 3.14. The minimum Gasteiger partial charge on any atom is -0.426 e. The molecule has 0 atom stereocenters. The van der Waals surface area contributed by atoms with E-state index in [-0.39, 0.29) is 32.6 Å². The lowest BCUT2D eigenvalue weighted by atomic mass is 10.0. The lowest BCUT2D eigenvalue weighted by Crippen LogP contribution is -2.15. The molecule has 0 bridgehead atoms. The zero-order valence-corrected chi connectivity index (χ0v) is 15.8. The molecule has 0 saturated heterocycles. The van der Waals surface area contributed by atoms with Gasteiger partial charge in [-0.1, -0.05) is 16.8 Å². The summed E-state index contributed by atoms with van der Waals surface area (Å²) in [5.74, 6) is -0.320. The van der Waals surface area contributed by atoms with Crippen LogP contribution < -0.4 is 0 Å². The number of rotatable bonds is 4. The van der Waals surface area contributed by atoms with Crippen LogP contribution in [0.25, 0.3) is 0 Å². The smallest absolute Gasteiger partial charge is 0.216 e. The molecule has 8 nitrogen and oxygen atoms in total. The van der Waals surface area contributed by atoms with Crippen molar-refractivity contribution in [3.05, 3.63) is 45.5 Å². The summed E-state index contributed by atoms with van der Waals surface area (Å²) in [5, 5.41) is 13.8. The normalized spacial score (nSPS) is 14.2. The van der Waals surface area contributed by atoms with E-state index in [1.807, 2.05) is 0 Å². The number of nitrogens with zero attached hydrogens (tertiary/aromatic N) is 3. The molecule has 0 amide bonds. The molecule has 2 aromatic rings. The minimum absolute atomic E-state index is 0.0336. The first-order valence-electron chi connectivity index (χ1n) is 7.64. The predicted molar refractivity (Wildman–Crippen MR) is 94.0 cm³/mol. The Morgan fingerprint density at radius 2 is 2.04 bits per heavy atom. The minimum atomic E-state index is -3.61. The molecule has 0 spiro atoms. The Kier molecular flexibility index (Phi) is 4.53. The molecule has 0 radical (unpaired) electrons. The van der Waals surface area contributed by atoms with Gasteiger partial charge in [-0.3, -0.25) is 4.79 Å². The second-order valence-corrected chi connectivity index (χ2v) is 8.29. The Bertz CT molecular complexity index is 1060. The van der Waals surface area contributed by atoms with Crippen LogP contribution in [0.5, 0.6) is 0 Å². The molecule has 3 rings (SSSR count). The van der Waals surface area contributed by atoms with Gasteiger partial charge in [0.25, 0.3) is 0 Å². The third-order valence-corrected chi connectivity index (χ3v) is 5.58. The van der Waals surface area contributed by atoms with Gasteiger partial charge in [-0.25, -0.2) is 13.4 Å². The summed E-state index contributed by atoms with van der Waals surface area (Å²) >= 11 is 6.42. The number of halogens is 1. The number of aromatic nitrogens is 2. The number of benzene rings is 1. The Hall–Kier alpha value is -2.39. The van der Waals surface area contributed by atoms with Crippen molar-refractivity contribution in [2.45, 2.75) is 25.2 Å². The zero-order chi connectivity index (χ0) is 19.2. The maximum absolute atomic E-state index is 12.9. The van der Waals surface area contributed by atoms with E-state index in [1.165, 1.54) is 12.1 Å². The molecule has 0 fully saturated rings. The number of oxime groups is 1. The van der Waals surface area contributed by atoms with Crippen molar-refractivity contribution in [2.24, 2.45) is 5.16 Å². The number of hydrogen-bond donors (Lipinski definition) is 1. The van der Waals surface area contributed by atoms with E-state index in [0.29, 0.717) is 29.2 Å². The Morgan fingerprint density at radius 1 is 1.35 bits per heavy atom. The predicted octanol–water partition coefficient (Wildman–Crippen LogP) is 2.15. The van der Waals surface area contributed by atoms with Crippen LogP contribution in [0, 0.1) is 13.8 Å². The molecule has 2 heterocycles. The number of aryl methyl sites for hydroxylation is 2. The maximum Gasteiger partial charge on any atom is 0.216 e. The Labute approximate surface area is 154 Å². The SMILES string of the molecule is Cc1nc(C)n(O)c1C(=O)c1ccc(S(C)(=O)=O)c(C2=NOCC2)c1Cl. The second-order valence-electron chi connectivity index (χ2n) is 5.93. The van der Waals surface area contributed by atoms with E-state index in [4.69, 9.17) is 16.4 Å². The van der Waals surface area contributed by atoms with E-state index in [2.05, 4.69) is 10.1 Å². The summed E-state index contributed by atoms with van der Waals surface area (Å²) in [7, 11) is -3.61. The van der Waals surface area contributed by atoms with Crippen LogP contribution in [0.3, 0.4) is 0 Å². The number of carbonyl (C=O) groups is 1. The molecule has 0 unspecified atom stereocenters. The van der Waals surface area contributed by atoms with Gasteiger partial charge >= 0.3 is 0 Å². The third-order valence-electron chi connectivity index (χ3n) is 4.05. The highest BCUT2D eigenvalue weighted by molar-refractivity contribution is 7.90. The van der Waals surface area contributed by atoms with Gasteiger partial charge in [0.1, 0.15) is 12.4 Å². The van der Waals surface area contributed by atoms with Crippen molar-refractivity contribution >= 4 is 32.9 Å². The highest BCUT2D eigenvalue weighted by atomic mass is 35.5. The molecule has 138 valence electrons. The van der Waals surface area contributed by atoms with Crippen molar-refractivity contribution in [2.75, 3.05) is 12.9 Å². The van der Waals surface area contributed by atoms with E-state index in [0.717, 1.165) is 6.26 Å². The summed E-state index contributed by atoms with van der Waals surface area (Å²) in [6, 6.07) is 2.63. The Morgan fingerprint density at radius 3 is 2.54 bits per heavy atom. The summed E-state index contributed by atoms with van der Waals surface area (Å²) in [6.45, 7) is 3.43. The highest BCUT2D eigenvalue weighted by Gasteiger charge is 2.29. The lowest BCUT2D eigenvalue weighted by Gasteiger charge is -2.13. The molecule has 0 aliphatic carbocycles. The van der Waals surface area contributed by atoms with Crippen LogP contribution in [0.2, 0.25) is 5.02 Å². The standard InChI is InChI=1S/C16H16ClN3O5S/c1-8-15(20(22)9(2)18-8)16(21)10-4-5-12(26(3,23)24)13(14(10)17)11-6-7-25-19-11/h4-5,22H,6-7H2,1-3H3. The number of sulfone groups is 1. The fourth-order valence-corrected chi connectivity index (χ4v) is 4.16. The van der Waals surface area contributed by atoms with Gasteiger partial charge in [0.2, 0.25) is 5.78 Å². The van der Waals surface area contributed by atoms with Crippen molar-refractivity contribution in [1.29, 1.82) is 0 Å². The topological polar surface area (TPSA) is 111 Å². The lowest BCUT2D eigenvalue weighted by molar-refractivity contribution is 0.0979. The van der Waals surface area contributed by atoms with E-state index < -0.39 is 15.6 Å². The molecule has 10 heteroatoms. The van der Waals surface area contributed by atoms with Gasteiger partial charge in [0, 0.05) is 23.8 Å². The first kappa shape index (κ1) is 18.4. The number of imidazole rings is 1. The van der Waals surface area contributed by atoms with E-state index in [9.17, 15) is 18.4 Å². The first-order chi connectivity index (χ1) is 12.1. The largest absolute Gasteiger partial charge is 0.426 e. The van der Waals surface area contributed by atoms with E-state index in [1.54, 1.807) is 13.8 Å². The van der Waals surface area contributed by atoms with Gasteiger partial charge in [-0.15, -0.1) is 0 Å². The molecule has 1 aromatic heterocycles. The molecule has 26 heavy (non-hydrogen) atoms. The van der Waals surface area contributed by atoms with Crippen molar-refractivity contribution in [3.8, 4) is 0 Å². The van der Waals surface area contributed by atoms with Gasteiger partial charge in [-0.2, -0.15) is 4.73 Å². The summed E-state index contributed by atoms with van der Waals surface area (Å²) < 4.78 is 25.0. The van der Waals surface area contributed by atoms with Gasteiger partial charge < -0.3 is 10.0 Å². The van der Waals surface area contributed by atoms with Crippen molar-refractivity contribution in [3.63, 3.8) is 0 Å². The zero-order valence-electron chi connectivity index (χ0n) is 14.3. The van der Waals surface area contributed by atoms with Crippen molar-refractivity contribution in [1.82, 2.24) is 9.71 Å². The molecule has 1 aliphatic rings. The third kappa shape index (κ3) is 2.97. The van der Waals surface area contributed by atoms with Crippen LogP contribution in [0.15, 0.2) is 22.2 Å². The maximum atomic E-state index is 12.9. The van der Waals surface area contributed by atoms with Gasteiger partial charge in [0.05, 0.1) is 21.3 Å². The molecular formula is C16H16ClN3O5S. The van der Waals surface area contributed by atoms with Crippen LogP contribution in [-0.4, -0.2) is 47.7 Å². The van der Waals surface area contributed by atoms with Crippen LogP contribution in [0.4, 0.5) is 0 Å². The van der Waals surface area contributed by atoms with Crippen molar-refractivity contribution < 1.29 is 23.3 Å². The van der Waals surface area contributed by atoms with Crippen LogP contribution in [-0.2, 0) is 14.7 Å². The molecule has 1 aliphatic heterocycles. The second kappa shape index (κ2) is 6.40. The first-order valence-corrected chi connectivity index (χ1v) is 9.91. The van der Waals surface area contributed by atoms with Gasteiger partial charge in [0.15, 0.2) is 15.5 Å². The average molecular weight is 398 g/mol. The summed E-state index contributed by atoms with van der Waals surface area (Å²) in [5.41, 5.74) is 0.849. The number of hydrogen-bond acceptors (Lipinski definition) is 7. The number of carbonyl (C=O) groups excluding carboxylic acids is 1. The summed E-state index contributed by atoms with van der Waals surface area (Å²) in [6.07, 6.45) is 1.42. The highest BCUT2D eigenvalue weighted by Crippen LogP contribution is 2.32. The fraction of sp³-hybridized carbons (Fsp3) is 0.312. The molecule has 1 N–H and O–H groups in total. The summed E-state index contributed by atoms with van der Waals surface area (Å²) in [4.78, 5) is 21.9. The molecular weight excluding hydrogens is 382 g/mol. The van der Waals surface area contributed by atoms with Crippen LogP contribution in [0.1, 0.15) is 39.6 Å². The molecule has 1 aromatic carbocycles. The van der Waals surface area contributed by atoms with Gasteiger partial charge in [-0.05, 0) is 26.0 Å². The molecule has 0 saturated carbocycles. The Balaban J connectivity index is 2.24. The fourth-order valence-electron chi connectivity index (χ4n) is 2.84. The van der Waals surface area contributed by atoms with E-state index >= 15 is 0 Å². The quantitative estimate of drug-likeness (QED) is 0.625. The van der Waals surface area contributed by atoms with Crippen LogP contribution >= 0.6 is 11.6 Å². The number of ketones is 1.